The van der Waals surface area contributed by atoms with E-state index in [0.717, 1.165) is 5.56 Å². The first-order valence-electron chi connectivity index (χ1n) is 5.62. The van der Waals surface area contributed by atoms with E-state index >= 15 is 0 Å². The number of rotatable bonds is 5. The first-order chi connectivity index (χ1) is 8.28. The second-order valence-electron chi connectivity index (χ2n) is 4.29. The van der Waals surface area contributed by atoms with Gasteiger partial charge in [0, 0.05) is 0 Å². The Morgan fingerprint density at radius 1 is 1.28 bits per heavy atom. The van der Waals surface area contributed by atoms with Crippen molar-refractivity contribution in [2.24, 2.45) is 0 Å². The lowest BCUT2D eigenvalue weighted by molar-refractivity contribution is 0.0378. The van der Waals surface area contributed by atoms with Crippen molar-refractivity contribution in [2.75, 3.05) is 6.16 Å². The minimum absolute atomic E-state index is 0.174. The second kappa shape index (κ2) is 6.14. The summed E-state index contributed by atoms with van der Waals surface area (Å²) in [5.74, 6) is -0.397. The Morgan fingerprint density at radius 2 is 1.83 bits per heavy atom. The van der Waals surface area contributed by atoms with E-state index in [4.69, 9.17) is 14.5 Å². The Morgan fingerprint density at radius 3 is 2.28 bits per heavy atom. The summed E-state index contributed by atoms with van der Waals surface area (Å²) in [7, 11) is -3.97. The summed E-state index contributed by atoms with van der Waals surface area (Å²) in [6, 6.07) is 6.54. The van der Waals surface area contributed by atoms with Gasteiger partial charge in [-0.25, -0.2) is 4.79 Å². The van der Waals surface area contributed by atoms with E-state index in [2.05, 4.69) is 0 Å². The highest BCUT2D eigenvalue weighted by Gasteiger charge is 2.13. The van der Waals surface area contributed by atoms with E-state index in [-0.39, 0.29) is 18.7 Å². The number of carbonyl (C=O) groups excluding carboxylic acids is 1. The molecule has 6 heteroatoms. The van der Waals surface area contributed by atoms with Gasteiger partial charge in [0.1, 0.15) is 0 Å². The van der Waals surface area contributed by atoms with Gasteiger partial charge in [0.25, 0.3) is 0 Å². The molecule has 0 fully saturated rings. The third-order valence-electron chi connectivity index (χ3n) is 2.22. The molecule has 0 heterocycles. The average molecular weight is 272 g/mol. The Hall–Kier alpha value is -1.16. The summed E-state index contributed by atoms with van der Waals surface area (Å²) in [4.78, 5) is 29.1. The molecule has 18 heavy (non-hydrogen) atoms. The fraction of sp³-hybridized carbons (Fsp3) is 0.417. The van der Waals surface area contributed by atoms with Crippen LogP contribution in [-0.4, -0.2) is 28.0 Å². The third-order valence-corrected chi connectivity index (χ3v) is 3.03. The van der Waals surface area contributed by atoms with Gasteiger partial charge in [0.05, 0.1) is 17.8 Å². The summed E-state index contributed by atoms with van der Waals surface area (Å²) in [5, 5.41) is 0. The topological polar surface area (TPSA) is 83.8 Å². The van der Waals surface area contributed by atoms with Crippen molar-refractivity contribution in [1.29, 1.82) is 0 Å². The molecule has 0 radical (unpaired) electrons. The van der Waals surface area contributed by atoms with Crippen LogP contribution in [0.3, 0.4) is 0 Å². The van der Waals surface area contributed by atoms with Crippen molar-refractivity contribution in [2.45, 2.75) is 26.4 Å². The van der Waals surface area contributed by atoms with Gasteiger partial charge < -0.3 is 14.5 Å². The van der Waals surface area contributed by atoms with Gasteiger partial charge >= 0.3 is 13.6 Å². The third kappa shape index (κ3) is 5.45. The number of benzene rings is 1. The van der Waals surface area contributed by atoms with Crippen molar-refractivity contribution in [3.63, 3.8) is 0 Å². The zero-order valence-electron chi connectivity index (χ0n) is 10.4. The van der Waals surface area contributed by atoms with E-state index < -0.39 is 13.6 Å². The van der Waals surface area contributed by atoms with Gasteiger partial charge in [-0.05, 0) is 38.0 Å². The Labute approximate surface area is 106 Å². The minimum Gasteiger partial charge on any atom is -0.459 e. The molecule has 1 rings (SSSR count). The maximum Gasteiger partial charge on any atom is 0.338 e. The van der Waals surface area contributed by atoms with Gasteiger partial charge in [-0.2, -0.15) is 0 Å². The van der Waals surface area contributed by atoms with Gasteiger partial charge in [-0.3, -0.25) is 4.57 Å². The summed E-state index contributed by atoms with van der Waals surface area (Å²) in [6.07, 6.45) is -0.0844. The van der Waals surface area contributed by atoms with Crippen LogP contribution in [0.2, 0.25) is 0 Å². The Kier molecular flexibility index (Phi) is 5.08. The lowest BCUT2D eigenvalue weighted by Crippen LogP contribution is -2.11. The van der Waals surface area contributed by atoms with Crippen LogP contribution < -0.4 is 0 Å². The van der Waals surface area contributed by atoms with Gasteiger partial charge in [-0.15, -0.1) is 0 Å². The summed E-state index contributed by atoms with van der Waals surface area (Å²) >= 11 is 0. The molecule has 0 saturated heterocycles. The summed E-state index contributed by atoms with van der Waals surface area (Å²) < 4.78 is 15.7. The SMILES string of the molecule is CC(C)OC(=O)c1ccc(CCP(=O)(O)O)cc1. The van der Waals surface area contributed by atoms with Crippen LogP contribution in [0.25, 0.3) is 0 Å². The van der Waals surface area contributed by atoms with Crippen molar-refractivity contribution >= 4 is 13.6 Å². The van der Waals surface area contributed by atoms with Crippen LogP contribution >= 0.6 is 7.60 Å². The fourth-order valence-electron chi connectivity index (χ4n) is 1.36. The number of hydrogen-bond donors (Lipinski definition) is 2. The predicted octanol–water partition coefficient (Wildman–Crippen LogP) is 1.97. The highest BCUT2D eigenvalue weighted by Crippen LogP contribution is 2.34. The molecule has 100 valence electrons. The number of hydrogen-bond acceptors (Lipinski definition) is 3. The minimum atomic E-state index is -3.97. The van der Waals surface area contributed by atoms with Crippen LogP contribution in [0, 0.1) is 0 Å². The fourth-order valence-corrected chi connectivity index (χ4v) is 1.91. The molecule has 0 bridgehead atoms. The van der Waals surface area contributed by atoms with Gasteiger partial charge in [0.2, 0.25) is 0 Å². The van der Waals surface area contributed by atoms with Crippen molar-refractivity contribution in [3.05, 3.63) is 35.4 Å². The first kappa shape index (κ1) is 14.9. The highest BCUT2D eigenvalue weighted by atomic mass is 31.2. The normalized spacial score (nSPS) is 11.6. The van der Waals surface area contributed by atoms with Gasteiger partial charge in [0.15, 0.2) is 0 Å². The van der Waals surface area contributed by atoms with E-state index in [9.17, 15) is 9.36 Å². The Bertz CT molecular complexity index is 446. The van der Waals surface area contributed by atoms with Gasteiger partial charge in [-0.1, -0.05) is 12.1 Å². The zero-order chi connectivity index (χ0) is 13.8. The molecule has 0 amide bonds. The molecule has 5 nitrogen and oxygen atoms in total. The smallest absolute Gasteiger partial charge is 0.338 e. The molecule has 0 aliphatic rings. The molecule has 1 aromatic rings. The zero-order valence-corrected chi connectivity index (χ0v) is 11.3. The molecule has 0 spiro atoms. The lowest BCUT2D eigenvalue weighted by atomic mass is 10.1. The maximum atomic E-state index is 11.5. The molecule has 0 aromatic heterocycles. The van der Waals surface area contributed by atoms with Crippen LogP contribution in [0.4, 0.5) is 0 Å². The maximum absolute atomic E-state index is 11.5. The van der Waals surface area contributed by atoms with Crippen LogP contribution in [0.5, 0.6) is 0 Å². The summed E-state index contributed by atoms with van der Waals surface area (Å²) in [6.45, 7) is 3.54. The van der Waals surface area contributed by atoms with Crippen molar-refractivity contribution in [1.82, 2.24) is 0 Å². The molecule has 0 aliphatic carbocycles. The molecular weight excluding hydrogens is 255 g/mol. The molecular formula is C12H17O5P. The standard InChI is InChI=1S/C12H17O5P/c1-9(2)17-12(13)11-5-3-10(4-6-11)7-8-18(14,15)16/h3-6,9H,7-8H2,1-2H3,(H2,14,15,16). The summed E-state index contributed by atoms with van der Waals surface area (Å²) in [5.41, 5.74) is 1.21. The molecule has 0 saturated carbocycles. The van der Waals surface area contributed by atoms with Crippen LogP contribution in [-0.2, 0) is 15.7 Å². The van der Waals surface area contributed by atoms with Crippen molar-refractivity contribution < 1.29 is 23.9 Å². The molecule has 0 atom stereocenters. The van der Waals surface area contributed by atoms with E-state index in [1.165, 1.54) is 0 Å². The lowest BCUT2D eigenvalue weighted by Gasteiger charge is -2.08. The Balaban J connectivity index is 2.63. The molecule has 0 aliphatic heterocycles. The first-order valence-corrected chi connectivity index (χ1v) is 7.42. The van der Waals surface area contributed by atoms with Crippen molar-refractivity contribution in [3.8, 4) is 0 Å². The number of aryl methyl sites for hydroxylation is 1. The number of carbonyl (C=O) groups is 1. The number of ether oxygens (including phenoxy) is 1. The average Bonchev–Trinajstić information content (AvgIpc) is 2.25. The van der Waals surface area contributed by atoms with E-state index in [1.54, 1.807) is 38.1 Å². The van der Waals surface area contributed by atoms with Crippen LogP contribution in [0.15, 0.2) is 24.3 Å². The van der Waals surface area contributed by atoms with E-state index in [0.29, 0.717) is 5.56 Å². The highest BCUT2D eigenvalue weighted by molar-refractivity contribution is 7.51. The van der Waals surface area contributed by atoms with Crippen LogP contribution in [0.1, 0.15) is 29.8 Å². The quantitative estimate of drug-likeness (QED) is 0.632. The van der Waals surface area contributed by atoms with E-state index in [1.807, 2.05) is 0 Å². The molecule has 0 unspecified atom stereocenters. The molecule has 1 aromatic carbocycles. The molecule has 2 N–H and O–H groups in total. The number of esters is 1. The predicted molar refractivity (Wildman–Crippen MR) is 67.6 cm³/mol. The second-order valence-corrected chi connectivity index (χ2v) is 6.07. The monoisotopic (exact) mass is 272 g/mol. The largest absolute Gasteiger partial charge is 0.459 e.